The fraction of sp³-hybridized carbons (Fsp3) is 0.667. The Morgan fingerprint density at radius 3 is 2.43 bits per heavy atom. The van der Waals surface area contributed by atoms with Gasteiger partial charge in [-0.05, 0) is 38.9 Å². The quantitative estimate of drug-likeness (QED) is 0.698. The third kappa shape index (κ3) is 1.59. The number of aryl methyl sites for hydroxylation is 2. The maximum atomic E-state index is 2.53. The van der Waals surface area contributed by atoms with Gasteiger partial charge in [-0.3, -0.25) is 0 Å². The summed E-state index contributed by atoms with van der Waals surface area (Å²) in [5.41, 5.74) is 2.82. The molecule has 78 valence electrons. The van der Waals surface area contributed by atoms with Crippen molar-refractivity contribution in [1.82, 2.24) is 9.47 Å². The molecule has 1 aliphatic heterocycles. The Kier molecular flexibility index (Phi) is 2.64. The normalized spacial score (nSPS) is 23.2. The van der Waals surface area contributed by atoms with Gasteiger partial charge in [0.15, 0.2) is 0 Å². The van der Waals surface area contributed by atoms with E-state index in [9.17, 15) is 0 Å². The molecule has 1 saturated heterocycles. The summed E-state index contributed by atoms with van der Waals surface area (Å²) in [6, 6.07) is 5.17. The van der Waals surface area contributed by atoms with Crippen LogP contribution in [0.5, 0.6) is 0 Å². The van der Waals surface area contributed by atoms with E-state index in [2.05, 4.69) is 42.4 Å². The standard InChI is InChI=1S/C12H20N2/c1-4-13-8-7-12(9-13)14-10(2)5-6-11(14)3/h5-6,12H,4,7-9H2,1-3H3. The van der Waals surface area contributed by atoms with Crippen molar-refractivity contribution in [3.63, 3.8) is 0 Å². The van der Waals surface area contributed by atoms with Crippen LogP contribution < -0.4 is 0 Å². The molecule has 0 saturated carbocycles. The Balaban J connectivity index is 2.17. The van der Waals surface area contributed by atoms with Crippen LogP contribution in [-0.4, -0.2) is 29.1 Å². The number of likely N-dealkylation sites (N-methyl/N-ethyl adjacent to an activating group) is 1. The summed E-state index contributed by atoms with van der Waals surface area (Å²) >= 11 is 0. The molecular formula is C12H20N2. The molecule has 0 N–H and O–H groups in total. The second-order valence-corrected chi connectivity index (χ2v) is 4.32. The van der Waals surface area contributed by atoms with Gasteiger partial charge in [0.25, 0.3) is 0 Å². The first-order chi connectivity index (χ1) is 6.72. The predicted molar refractivity (Wildman–Crippen MR) is 59.7 cm³/mol. The second-order valence-electron chi connectivity index (χ2n) is 4.32. The summed E-state index contributed by atoms with van der Waals surface area (Å²) in [7, 11) is 0. The molecule has 2 heteroatoms. The van der Waals surface area contributed by atoms with Crippen LogP contribution in [0.15, 0.2) is 12.1 Å². The van der Waals surface area contributed by atoms with Crippen LogP contribution in [0.2, 0.25) is 0 Å². The lowest BCUT2D eigenvalue weighted by molar-refractivity contribution is 0.340. The van der Waals surface area contributed by atoms with E-state index in [1.165, 1.54) is 37.4 Å². The van der Waals surface area contributed by atoms with Crippen molar-refractivity contribution < 1.29 is 0 Å². The third-order valence-corrected chi connectivity index (χ3v) is 3.39. The maximum Gasteiger partial charge on any atom is 0.0475 e. The van der Waals surface area contributed by atoms with E-state index in [0.29, 0.717) is 6.04 Å². The van der Waals surface area contributed by atoms with E-state index in [-0.39, 0.29) is 0 Å². The zero-order valence-corrected chi connectivity index (χ0v) is 9.45. The minimum Gasteiger partial charge on any atom is -0.345 e. The molecule has 0 amide bonds. The first kappa shape index (κ1) is 9.78. The Morgan fingerprint density at radius 1 is 1.29 bits per heavy atom. The minimum absolute atomic E-state index is 0.713. The second kappa shape index (κ2) is 3.77. The highest BCUT2D eigenvalue weighted by Gasteiger charge is 2.23. The van der Waals surface area contributed by atoms with Crippen molar-refractivity contribution in [2.24, 2.45) is 0 Å². The van der Waals surface area contributed by atoms with Gasteiger partial charge in [0.05, 0.1) is 0 Å². The van der Waals surface area contributed by atoms with Crippen molar-refractivity contribution in [1.29, 1.82) is 0 Å². The number of hydrogen-bond acceptors (Lipinski definition) is 1. The van der Waals surface area contributed by atoms with Crippen LogP contribution >= 0.6 is 0 Å². The van der Waals surface area contributed by atoms with E-state index in [0.717, 1.165) is 0 Å². The molecule has 0 aliphatic carbocycles. The molecule has 1 fully saturated rings. The van der Waals surface area contributed by atoms with E-state index in [1.807, 2.05) is 0 Å². The van der Waals surface area contributed by atoms with Crippen LogP contribution in [-0.2, 0) is 0 Å². The molecule has 2 heterocycles. The molecule has 1 aromatic heterocycles. The van der Waals surface area contributed by atoms with Crippen LogP contribution in [0.4, 0.5) is 0 Å². The fourth-order valence-electron chi connectivity index (χ4n) is 2.57. The van der Waals surface area contributed by atoms with Gasteiger partial charge in [0.2, 0.25) is 0 Å². The molecule has 0 aromatic carbocycles. The van der Waals surface area contributed by atoms with Gasteiger partial charge in [0, 0.05) is 30.5 Å². The Bertz CT molecular complexity index is 295. The monoisotopic (exact) mass is 192 g/mol. The molecular weight excluding hydrogens is 172 g/mol. The summed E-state index contributed by atoms with van der Waals surface area (Å²) in [6.07, 6.45) is 1.31. The number of likely N-dealkylation sites (tertiary alicyclic amines) is 1. The molecule has 2 nitrogen and oxygen atoms in total. The molecule has 14 heavy (non-hydrogen) atoms. The summed E-state index contributed by atoms with van der Waals surface area (Å²) in [5.74, 6) is 0. The van der Waals surface area contributed by atoms with Crippen LogP contribution in [0.25, 0.3) is 0 Å². The fourth-order valence-corrected chi connectivity index (χ4v) is 2.57. The van der Waals surface area contributed by atoms with Gasteiger partial charge >= 0.3 is 0 Å². The van der Waals surface area contributed by atoms with E-state index >= 15 is 0 Å². The summed E-state index contributed by atoms with van der Waals surface area (Å²) < 4.78 is 2.50. The zero-order valence-electron chi connectivity index (χ0n) is 9.45. The van der Waals surface area contributed by atoms with Crippen molar-refractivity contribution in [2.45, 2.75) is 33.2 Å². The van der Waals surface area contributed by atoms with E-state index in [4.69, 9.17) is 0 Å². The maximum absolute atomic E-state index is 2.53. The summed E-state index contributed by atoms with van der Waals surface area (Å²) in [4.78, 5) is 2.53. The van der Waals surface area contributed by atoms with Crippen molar-refractivity contribution in [3.05, 3.63) is 23.5 Å². The lowest BCUT2D eigenvalue weighted by atomic mass is 10.2. The summed E-state index contributed by atoms with van der Waals surface area (Å²) in [6.45, 7) is 10.3. The SMILES string of the molecule is CCN1CCC(n2c(C)ccc2C)C1. The van der Waals surface area contributed by atoms with Crippen LogP contribution in [0, 0.1) is 13.8 Å². The minimum atomic E-state index is 0.713. The molecule has 1 aromatic rings. The first-order valence-electron chi connectivity index (χ1n) is 5.59. The van der Waals surface area contributed by atoms with Gasteiger partial charge in [-0.1, -0.05) is 6.92 Å². The number of rotatable bonds is 2. The number of hydrogen-bond donors (Lipinski definition) is 0. The van der Waals surface area contributed by atoms with E-state index < -0.39 is 0 Å². The average molecular weight is 192 g/mol. The Hall–Kier alpha value is -0.760. The highest BCUT2D eigenvalue weighted by atomic mass is 15.2. The predicted octanol–water partition coefficient (Wildman–Crippen LogP) is 2.37. The molecule has 1 unspecified atom stereocenters. The highest BCUT2D eigenvalue weighted by Crippen LogP contribution is 2.25. The van der Waals surface area contributed by atoms with Crippen molar-refractivity contribution in [2.75, 3.05) is 19.6 Å². The van der Waals surface area contributed by atoms with Crippen molar-refractivity contribution in [3.8, 4) is 0 Å². The van der Waals surface area contributed by atoms with Gasteiger partial charge in [-0.25, -0.2) is 0 Å². The Morgan fingerprint density at radius 2 is 1.93 bits per heavy atom. The summed E-state index contributed by atoms with van der Waals surface area (Å²) in [5, 5.41) is 0. The van der Waals surface area contributed by atoms with Gasteiger partial charge in [-0.2, -0.15) is 0 Å². The molecule has 1 aliphatic rings. The molecule has 0 bridgehead atoms. The smallest absolute Gasteiger partial charge is 0.0475 e. The van der Waals surface area contributed by atoms with Gasteiger partial charge in [-0.15, -0.1) is 0 Å². The van der Waals surface area contributed by atoms with E-state index in [1.54, 1.807) is 0 Å². The van der Waals surface area contributed by atoms with Crippen LogP contribution in [0.1, 0.15) is 30.8 Å². The molecule has 0 radical (unpaired) electrons. The third-order valence-electron chi connectivity index (χ3n) is 3.39. The largest absolute Gasteiger partial charge is 0.345 e. The molecule has 2 rings (SSSR count). The van der Waals surface area contributed by atoms with Gasteiger partial charge < -0.3 is 9.47 Å². The Labute approximate surface area is 86.5 Å². The molecule has 0 spiro atoms. The topological polar surface area (TPSA) is 8.17 Å². The lowest BCUT2D eigenvalue weighted by Gasteiger charge is -2.18. The number of nitrogens with zero attached hydrogens (tertiary/aromatic N) is 2. The number of aromatic nitrogens is 1. The average Bonchev–Trinajstić information content (AvgIpc) is 2.73. The first-order valence-corrected chi connectivity index (χ1v) is 5.59. The highest BCUT2D eigenvalue weighted by molar-refractivity contribution is 5.15. The lowest BCUT2D eigenvalue weighted by Crippen LogP contribution is -2.21. The zero-order chi connectivity index (χ0) is 10.1. The van der Waals surface area contributed by atoms with Crippen molar-refractivity contribution >= 4 is 0 Å². The molecule has 1 atom stereocenters. The van der Waals surface area contributed by atoms with Gasteiger partial charge in [0.1, 0.15) is 0 Å². The van der Waals surface area contributed by atoms with Crippen LogP contribution in [0.3, 0.4) is 0 Å².